The highest BCUT2D eigenvalue weighted by atomic mass is 127. The molecule has 0 aromatic rings. The van der Waals surface area contributed by atoms with Crippen LogP contribution in [-0.4, -0.2) is 30.6 Å². The Kier molecular flexibility index (Phi) is 8.73. The van der Waals surface area contributed by atoms with E-state index < -0.39 is 8.32 Å². The summed E-state index contributed by atoms with van der Waals surface area (Å²) in [4.78, 5) is 0. The van der Waals surface area contributed by atoms with Crippen LogP contribution in [0.5, 0.6) is 0 Å². The average Bonchev–Trinajstić information content (AvgIpc) is 2.52. The van der Waals surface area contributed by atoms with E-state index in [4.69, 9.17) is 4.43 Å². The Balaban J connectivity index is 3.25. The molecule has 3 atom stereocenters. The van der Waals surface area contributed by atoms with E-state index in [2.05, 4.69) is 96.7 Å². The second-order valence-corrected chi connectivity index (χ2v) is 16.1. The van der Waals surface area contributed by atoms with Gasteiger partial charge in [0.15, 0.2) is 8.32 Å². The third kappa shape index (κ3) is 4.70. The number of hydrogen-bond donors (Lipinski definition) is 1. The van der Waals surface area contributed by atoms with Crippen molar-refractivity contribution < 1.29 is 9.53 Å². The topological polar surface area (TPSA) is 29.5 Å². The van der Waals surface area contributed by atoms with Crippen LogP contribution in [0.2, 0.25) is 16.6 Å². The smallest absolute Gasteiger partial charge is 0.200 e. The van der Waals surface area contributed by atoms with E-state index in [1.807, 2.05) is 0 Å². The summed E-state index contributed by atoms with van der Waals surface area (Å²) in [6.45, 7) is 21.4. The van der Waals surface area contributed by atoms with Crippen LogP contribution in [0.25, 0.3) is 0 Å². The van der Waals surface area contributed by atoms with Crippen LogP contribution >= 0.6 is 22.6 Å². The molecule has 0 aromatic heterocycles. The molecule has 1 aliphatic carbocycles. The Morgan fingerprint density at radius 1 is 1.08 bits per heavy atom. The molecule has 0 saturated heterocycles. The highest BCUT2D eigenvalue weighted by Gasteiger charge is 2.53. The Morgan fingerprint density at radius 2 is 1.58 bits per heavy atom. The van der Waals surface area contributed by atoms with Gasteiger partial charge in [-0.3, -0.25) is 0 Å². The number of hydrogen-bond acceptors (Lipinski definition) is 2. The lowest BCUT2D eigenvalue weighted by atomic mass is 9.56. The van der Waals surface area contributed by atoms with E-state index in [9.17, 15) is 5.11 Å². The van der Waals surface area contributed by atoms with Gasteiger partial charge in [-0.25, -0.2) is 0 Å². The quantitative estimate of drug-likeness (QED) is 0.201. The number of alkyl halides is 1. The number of aliphatic hydroxyl groups is 1. The summed E-state index contributed by atoms with van der Waals surface area (Å²) in [5.74, 6) is 7.13. The van der Waals surface area contributed by atoms with Crippen LogP contribution in [0, 0.1) is 28.6 Å². The molecule has 0 heterocycles. The van der Waals surface area contributed by atoms with Crippen LogP contribution < -0.4 is 0 Å². The summed E-state index contributed by atoms with van der Waals surface area (Å²) < 4.78 is 7.82. The minimum atomic E-state index is -1.92. The molecule has 0 amide bonds. The van der Waals surface area contributed by atoms with Gasteiger partial charge in [-0.05, 0) is 41.8 Å². The molecule has 4 heteroatoms. The van der Waals surface area contributed by atoms with Crippen molar-refractivity contribution in [2.24, 2.45) is 16.7 Å². The van der Waals surface area contributed by atoms with Gasteiger partial charge >= 0.3 is 0 Å². The first-order valence-electron chi connectivity index (χ1n) is 10.2. The van der Waals surface area contributed by atoms with E-state index in [-0.39, 0.29) is 22.9 Å². The highest BCUT2D eigenvalue weighted by Crippen LogP contribution is 2.52. The number of aliphatic hydroxyl groups excluding tert-OH is 1. The molecule has 1 saturated carbocycles. The molecule has 1 aliphatic rings. The summed E-state index contributed by atoms with van der Waals surface area (Å²) in [5, 5.41) is 10.7. The predicted octanol–water partition coefficient (Wildman–Crippen LogP) is 6.42. The zero-order valence-corrected chi connectivity index (χ0v) is 21.6. The number of halogens is 1. The minimum Gasteiger partial charge on any atom is -0.416 e. The Bertz CT molecular complexity index is 496. The normalized spacial score (nSPS) is 29.2. The van der Waals surface area contributed by atoms with E-state index >= 15 is 0 Å². The second-order valence-electron chi connectivity index (χ2n) is 9.91. The van der Waals surface area contributed by atoms with Crippen molar-refractivity contribution in [3.63, 3.8) is 0 Å². The third-order valence-corrected chi connectivity index (χ3v) is 13.6. The first-order chi connectivity index (χ1) is 11.9. The summed E-state index contributed by atoms with van der Waals surface area (Å²) in [6.07, 6.45) is 1.50. The lowest BCUT2D eigenvalue weighted by molar-refractivity contribution is -0.0907. The monoisotopic (exact) mass is 492 g/mol. The number of rotatable bonds is 6. The van der Waals surface area contributed by atoms with Gasteiger partial charge in [0.1, 0.15) is 0 Å². The lowest BCUT2D eigenvalue weighted by Gasteiger charge is -2.53. The standard InChI is InChI=1S/C22H41IO2Si/c1-16(2)26(17(3)4,18(5)6)25-15-19-21(7,8)20(24)11-13-22(19,9)12-10-14-23/h16-20,24H,11,13-15H2,1-9H3/t19-,20?,22-/m1/s1. The van der Waals surface area contributed by atoms with Gasteiger partial charge in [0.25, 0.3) is 0 Å². The van der Waals surface area contributed by atoms with E-state index in [0.29, 0.717) is 16.6 Å². The molecule has 1 fully saturated rings. The van der Waals surface area contributed by atoms with Crippen molar-refractivity contribution in [2.45, 2.75) is 97.9 Å². The molecule has 0 spiro atoms. The Labute approximate surface area is 177 Å². The van der Waals surface area contributed by atoms with Crippen molar-refractivity contribution in [1.29, 1.82) is 0 Å². The van der Waals surface area contributed by atoms with Gasteiger partial charge < -0.3 is 9.53 Å². The molecule has 0 aromatic carbocycles. The molecule has 1 N–H and O–H groups in total. The fourth-order valence-corrected chi connectivity index (χ4v) is 11.2. The van der Waals surface area contributed by atoms with Gasteiger partial charge in [-0.15, -0.1) is 0 Å². The minimum absolute atomic E-state index is 0.0843. The summed E-state index contributed by atoms with van der Waals surface area (Å²) in [5.41, 5.74) is 1.46. The maximum atomic E-state index is 10.7. The fraction of sp³-hybridized carbons (Fsp3) is 0.909. The molecular weight excluding hydrogens is 451 g/mol. The highest BCUT2D eigenvalue weighted by molar-refractivity contribution is 14.1. The van der Waals surface area contributed by atoms with Gasteiger partial charge in [-0.2, -0.15) is 0 Å². The lowest BCUT2D eigenvalue weighted by Crippen LogP contribution is -2.55. The van der Waals surface area contributed by atoms with Gasteiger partial charge in [0, 0.05) is 17.9 Å². The molecule has 1 unspecified atom stereocenters. The molecular formula is C22H41IO2Si. The summed E-state index contributed by atoms with van der Waals surface area (Å²) in [7, 11) is -1.92. The van der Waals surface area contributed by atoms with Crippen LogP contribution in [0.15, 0.2) is 0 Å². The third-order valence-electron chi connectivity index (χ3n) is 7.11. The van der Waals surface area contributed by atoms with E-state index in [0.717, 1.165) is 23.9 Å². The van der Waals surface area contributed by atoms with Crippen molar-refractivity contribution in [3.05, 3.63) is 0 Å². The summed E-state index contributed by atoms with van der Waals surface area (Å²) in [6, 6.07) is 0. The van der Waals surface area contributed by atoms with Gasteiger partial charge in [-0.1, -0.05) is 89.8 Å². The maximum Gasteiger partial charge on any atom is 0.200 e. The Morgan fingerprint density at radius 3 is 2.00 bits per heavy atom. The fourth-order valence-electron chi connectivity index (χ4n) is 5.55. The van der Waals surface area contributed by atoms with Crippen molar-refractivity contribution in [2.75, 3.05) is 11.0 Å². The van der Waals surface area contributed by atoms with Crippen molar-refractivity contribution >= 4 is 30.9 Å². The first-order valence-corrected chi connectivity index (χ1v) is 13.9. The zero-order chi connectivity index (χ0) is 20.3. The van der Waals surface area contributed by atoms with Crippen molar-refractivity contribution in [1.82, 2.24) is 0 Å². The molecule has 0 aliphatic heterocycles. The second kappa shape index (κ2) is 9.28. The van der Waals surface area contributed by atoms with Crippen LogP contribution in [0.4, 0.5) is 0 Å². The van der Waals surface area contributed by atoms with Gasteiger partial charge in [0.05, 0.1) is 10.5 Å². The SMILES string of the molecule is CC(C)[Si](OC[C@@H]1C(C)(C)C(O)CC[C@@]1(C)C#CCI)(C(C)C)C(C)C. The first kappa shape index (κ1) is 24.5. The van der Waals surface area contributed by atoms with Crippen LogP contribution in [0.3, 0.4) is 0 Å². The van der Waals surface area contributed by atoms with Crippen molar-refractivity contribution in [3.8, 4) is 11.8 Å². The van der Waals surface area contributed by atoms with Gasteiger partial charge in [0.2, 0.25) is 0 Å². The molecule has 1 rings (SSSR count). The van der Waals surface area contributed by atoms with E-state index in [1.165, 1.54) is 0 Å². The largest absolute Gasteiger partial charge is 0.416 e. The van der Waals surface area contributed by atoms with Crippen LogP contribution in [0.1, 0.15) is 75.2 Å². The molecule has 26 heavy (non-hydrogen) atoms. The molecule has 152 valence electrons. The zero-order valence-electron chi connectivity index (χ0n) is 18.4. The molecule has 2 nitrogen and oxygen atoms in total. The van der Waals surface area contributed by atoms with E-state index in [1.54, 1.807) is 0 Å². The summed E-state index contributed by atoms with van der Waals surface area (Å²) >= 11 is 2.32. The van der Waals surface area contributed by atoms with Crippen LogP contribution in [-0.2, 0) is 4.43 Å². The Hall–Kier alpha value is 0.427. The molecule has 0 bridgehead atoms. The maximum absolute atomic E-state index is 10.7. The predicted molar refractivity (Wildman–Crippen MR) is 124 cm³/mol. The molecule has 0 radical (unpaired) electrons. The average molecular weight is 493 g/mol.